The van der Waals surface area contributed by atoms with Crippen LogP contribution in [0, 0.1) is 11.7 Å². The first-order valence-corrected chi connectivity index (χ1v) is 7.31. The first-order valence-electron chi connectivity index (χ1n) is 7.31. The monoisotopic (exact) mass is 292 g/mol. The van der Waals surface area contributed by atoms with Crippen molar-refractivity contribution in [2.75, 3.05) is 6.54 Å². The number of benzene rings is 1. The fourth-order valence-corrected chi connectivity index (χ4v) is 2.77. The molecule has 2 rings (SSSR count). The second kappa shape index (κ2) is 6.70. The van der Waals surface area contributed by atoms with E-state index in [9.17, 15) is 14.0 Å². The van der Waals surface area contributed by atoms with E-state index in [-0.39, 0.29) is 36.0 Å². The molecule has 1 aromatic rings. The van der Waals surface area contributed by atoms with Crippen LogP contribution in [0.5, 0.6) is 0 Å². The fourth-order valence-electron chi connectivity index (χ4n) is 2.77. The average molecular weight is 292 g/mol. The molecule has 0 saturated carbocycles. The van der Waals surface area contributed by atoms with Gasteiger partial charge < -0.3 is 10.6 Å². The zero-order valence-corrected chi connectivity index (χ0v) is 12.2. The summed E-state index contributed by atoms with van der Waals surface area (Å²) in [6.07, 6.45) is 2.12. The van der Waals surface area contributed by atoms with Crippen LogP contribution in [0.4, 0.5) is 4.39 Å². The van der Waals surface area contributed by atoms with Crippen molar-refractivity contribution in [1.82, 2.24) is 4.90 Å². The SMILES string of the molecule is CC1CCC(C(N)=O)CN1C(=O)CCc1ccccc1F. The molecule has 2 atom stereocenters. The van der Waals surface area contributed by atoms with Crippen molar-refractivity contribution in [1.29, 1.82) is 0 Å². The second-order valence-electron chi connectivity index (χ2n) is 5.66. The zero-order valence-electron chi connectivity index (χ0n) is 12.2. The van der Waals surface area contributed by atoms with E-state index < -0.39 is 0 Å². The summed E-state index contributed by atoms with van der Waals surface area (Å²) in [5.74, 6) is -0.948. The van der Waals surface area contributed by atoms with Crippen molar-refractivity contribution in [2.24, 2.45) is 11.7 Å². The Balaban J connectivity index is 1.95. The van der Waals surface area contributed by atoms with E-state index in [1.54, 1.807) is 23.1 Å². The molecule has 114 valence electrons. The van der Waals surface area contributed by atoms with Crippen molar-refractivity contribution in [3.8, 4) is 0 Å². The number of halogens is 1. The molecular formula is C16H21FN2O2. The normalized spacial score (nSPS) is 22.1. The molecule has 0 aliphatic carbocycles. The van der Waals surface area contributed by atoms with Crippen LogP contribution in [0.15, 0.2) is 24.3 Å². The van der Waals surface area contributed by atoms with E-state index in [0.717, 1.165) is 12.8 Å². The Morgan fingerprint density at radius 1 is 1.33 bits per heavy atom. The third-order valence-corrected chi connectivity index (χ3v) is 4.17. The van der Waals surface area contributed by atoms with Gasteiger partial charge in [0, 0.05) is 19.0 Å². The molecule has 4 nitrogen and oxygen atoms in total. The Kier molecular flexibility index (Phi) is 4.94. The van der Waals surface area contributed by atoms with Gasteiger partial charge in [-0.05, 0) is 37.8 Å². The number of nitrogens with two attached hydrogens (primary N) is 1. The van der Waals surface area contributed by atoms with Crippen molar-refractivity contribution in [2.45, 2.75) is 38.6 Å². The molecule has 0 spiro atoms. The van der Waals surface area contributed by atoms with Crippen LogP contribution in [0.2, 0.25) is 0 Å². The van der Waals surface area contributed by atoms with Crippen LogP contribution in [-0.2, 0) is 16.0 Å². The summed E-state index contributed by atoms with van der Waals surface area (Å²) in [5, 5.41) is 0. The smallest absolute Gasteiger partial charge is 0.223 e. The molecule has 2 N–H and O–H groups in total. The summed E-state index contributed by atoms with van der Waals surface area (Å²) in [6, 6.07) is 6.58. The molecular weight excluding hydrogens is 271 g/mol. The molecule has 21 heavy (non-hydrogen) atoms. The summed E-state index contributed by atoms with van der Waals surface area (Å²) < 4.78 is 13.5. The summed E-state index contributed by atoms with van der Waals surface area (Å²) in [7, 11) is 0. The van der Waals surface area contributed by atoms with Gasteiger partial charge in [-0.2, -0.15) is 0 Å². The molecule has 0 bridgehead atoms. The Morgan fingerprint density at radius 2 is 2.05 bits per heavy atom. The molecule has 1 aromatic carbocycles. The maximum atomic E-state index is 13.5. The number of likely N-dealkylation sites (tertiary alicyclic amines) is 1. The molecule has 1 aliphatic rings. The van der Waals surface area contributed by atoms with Crippen molar-refractivity contribution in [3.05, 3.63) is 35.6 Å². The zero-order chi connectivity index (χ0) is 15.4. The second-order valence-corrected chi connectivity index (χ2v) is 5.66. The van der Waals surface area contributed by atoms with E-state index in [4.69, 9.17) is 5.73 Å². The van der Waals surface area contributed by atoms with Gasteiger partial charge in [0.25, 0.3) is 0 Å². The molecule has 1 saturated heterocycles. The standard InChI is InChI=1S/C16H21FN2O2/c1-11-6-7-13(16(18)21)10-19(11)15(20)9-8-12-4-2-3-5-14(12)17/h2-5,11,13H,6-10H2,1H3,(H2,18,21). The number of hydrogen-bond donors (Lipinski definition) is 1. The van der Waals surface area contributed by atoms with Crippen LogP contribution >= 0.6 is 0 Å². The number of hydrogen-bond acceptors (Lipinski definition) is 2. The summed E-state index contributed by atoms with van der Waals surface area (Å²) in [4.78, 5) is 25.3. The molecule has 0 aromatic heterocycles. The van der Waals surface area contributed by atoms with Gasteiger partial charge in [0.2, 0.25) is 11.8 Å². The number of amides is 2. The van der Waals surface area contributed by atoms with Gasteiger partial charge in [-0.25, -0.2) is 4.39 Å². The van der Waals surface area contributed by atoms with Gasteiger partial charge in [-0.3, -0.25) is 9.59 Å². The van der Waals surface area contributed by atoms with Crippen molar-refractivity contribution < 1.29 is 14.0 Å². The van der Waals surface area contributed by atoms with Crippen LogP contribution in [0.25, 0.3) is 0 Å². The lowest BCUT2D eigenvalue weighted by molar-refractivity contribution is -0.137. The molecule has 2 unspecified atom stereocenters. The predicted molar refractivity (Wildman–Crippen MR) is 77.8 cm³/mol. The Bertz CT molecular complexity index is 533. The number of rotatable bonds is 4. The van der Waals surface area contributed by atoms with Gasteiger partial charge in [0.1, 0.15) is 5.82 Å². The highest BCUT2D eigenvalue weighted by atomic mass is 19.1. The quantitative estimate of drug-likeness (QED) is 0.921. The third-order valence-electron chi connectivity index (χ3n) is 4.17. The largest absolute Gasteiger partial charge is 0.369 e. The van der Waals surface area contributed by atoms with E-state index in [1.807, 2.05) is 6.92 Å². The van der Waals surface area contributed by atoms with Gasteiger partial charge >= 0.3 is 0 Å². The van der Waals surface area contributed by atoms with Crippen molar-refractivity contribution >= 4 is 11.8 Å². The molecule has 0 radical (unpaired) electrons. The fraction of sp³-hybridized carbons (Fsp3) is 0.500. The average Bonchev–Trinajstić information content (AvgIpc) is 2.46. The lowest BCUT2D eigenvalue weighted by Gasteiger charge is -2.37. The maximum absolute atomic E-state index is 13.5. The number of piperidine rings is 1. The molecule has 5 heteroatoms. The van der Waals surface area contributed by atoms with E-state index in [2.05, 4.69) is 0 Å². The van der Waals surface area contributed by atoms with Crippen LogP contribution in [-0.4, -0.2) is 29.3 Å². The number of aryl methyl sites for hydroxylation is 1. The first kappa shape index (κ1) is 15.5. The minimum Gasteiger partial charge on any atom is -0.369 e. The summed E-state index contributed by atoms with van der Waals surface area (Å²) in [5.41, 5.74) is 5.88. The summed E-state index contributed by atoms with van der Waals surface area (Å²) >= 11 is 0. The topological polar surface area (TPSA) is 63.4 Å². The highest BCUT2D eigenvalue weighted by molar-refractivity contribution is 5.80. The Morgan fingerprint density at radius 3 is 2.71 bits per heavy atom. The molecule has 1 fully saturated rings. The predicted octanol–water partition coefficient (Wildman–Crippen LogP) is 1.87. The molecule has 1 aliphatic heterocycles. The Hall–Kier alpha value is -1.91. The van der Waals surface area contributed by atoms with Gasteiger partial charge in [0.15, 0.2) is 0 Å². The van der Waals surface area contributed by atoms with E-state index in [0.29, 0.717) is 18.5 Å². The maximum Gasteiger partial charge on any atom is 0.223 e. The number of primary amides is 1. The third kappa shape index (κ3) is 3.80. The number of carbonyl (C=O) groups is 2. The van der Waals surface area contributed by atoms with E-state index >= 15 is 0 Å². The van der Waals surface area contributed by atoms with Gasteiger partial charge in [-0.1, -0.05) is 18.2 Å². The Labute approximate surface area is 124 Å². The molecule has 2 amide bonds. The van der Waals surface area contributed by atoms with Gasteiger partial charge in [0.05, 0.1) is 5.92 Å². The lowest BCUT2D eigenvalue weighted by Crippen LogP contribution is -2.48. The van der Waals surface area contributed by atoms with Crippen molar-refractivity contribution in [3.63, 3.8) is 0 Å². The van der Waals surface area contributed by atoms with Gasteiger partial charge in [-0.15, -0.1) is 0 Å². The number of nitrogens with zero attached hydrogens (tertiary/aromatic N) is 1. The van der Waals surface area contributed by atoms with Crippen LogP contribution in [0.3, 0.4) is 0 Å². The highest BCUT2D eigenvalue weighted by Gasteiger charge is 2.31. The lowest BCUT2D eigenvalue weighted by atomic mass is 9.92. The number of carbonyl (C=O) groups excluding carboxylic acids is 2. The van der Waals surface area contributed by atoms with Crippen LogP contribution < -0.4 is 5.73 Å². The molecule has 1 heterocycles. The van der Waals surface area contributed by atoms with E-state index in [1.165, 1.54) is 6.07 Å². The minimum absolute atomic E-state index is 0.0447. The first-order chi connectivity index (χ1) is 9.99. The highest BCUT2D eigenvalue weighted by Crippen LogP contribution is 2.23. The summed E-state index contributed by atoms with van der Waals surface area (Å²) in [6.45, 7) is 2.35. The van der Waals surface area contributed by atoms with Crippen LogP contribution in [0.1, 0.15) is 31.7 Å². The minimum atomic E-state index is -0.353.